The largest absolute Gasteiger partial charge is 0.369 e. The molecular weight excluding hydrogens is 285 g/mol. The Hall–Kier alpha value is -1.17. The Kier molecular flexibility index (Phi) is 3.06. The van der Waals surface area contributed by atoms with Crippen molar-refractivity contribution in [1.82, 2.24) is 5.32 Å². The number of hydrogen-bond acceptors (Lipinski definition) is 3. The van der Waals surface area contributed by atoms with Gasteiger partial charge >= 0.3 is 0 Å². The van der Waals surface area contributed by atoms with Crippen LogP contribution in [0.1, 0.15) is 25.7 Å². The number of nitrogens with two attached hydrogens (primary N) is 2. The summed E-state index contributed by atoms with van der Waals surface area (Å²) in [6.45, 7) is 1.27. The molecule has 6 heteroatoms. The quantitative estimate of drug-likeness (QED) is 0.694. The van der Waals surface area contributed by atoms with Crippen molar-refractivity contribution in [3.8, 4) is 0 Å². The van der Waals surface area contributed by atoms with Crippen LogP contribution in [0.25, 0.3) is 0 Å². The van der Waals surface area contributed by atoms with Crippen molar-refractivity contribution in [2.75, 3.05) is 13.1 Å². The molecule has 1 heterocycles. The Bertz CT molecular complexity index is 498. The third-order valence-electron chi connectivity index (χ3n) is 7.16. The van der Waals surface area contributed by atoms with Gasteiger partial charge in [-0.3, -0.25) is 9.59 Å². The zero-order chi connectivity index (χ0) is 15.6. The topological polar surface area (TPSA) is 98.2 Å². The molecule has 4 aliphatic rings. The first-order chi connectivity index (χ1) is 10.5. The molecule has 5 N–H and O–H groups in total. The molecule has 0 aromatic carbocycles. The van der Waals surface area contributed by atoms with Crippen molar-refractivity contribution in [3.05, 3.63) is 0 Å². The highest BCUT2D eigenvalue weighted by Gasteiger charge is 2.77. The van der Waals surface area contributed by atoms with Crippen molar-refractivity contribution in [3.63, 3.8) is 0 Å². The molecule has 0 aromatic heterocycles. The maximum atomic E-state index is 14.3. The first-order valence-corrected chi connectivity index (χ1v) is 8.42. The molecule has 4 fully saturated rings. The van der Waals surface area contributed by atoms with Crippen LogP contribution in [0.4, 0.5) is 4.39 Å². The third kappa shape index (κ3) is 1.67. The Morgan fingerprint density at radius 3 is 2.09 bits per heavy atom. The lowest BCUT2D eigenvalue weighted by Crippen LogP contribution is -2.41. The average Bonchev–Trinajstić information content (AvgIpc) is 3.03. The summed E-state index contributed by atoms with van der Waals surface area (Å²) >= 11 is 0. The summed E-state index contributed by atoms with van der Waals surface area (Å²) in [5, 5.41) is 3.09. The molecule has 122 valence electrons. The number of alkyl halides is 1. The maximum absolute atomic E-state index is 14.3. The summed E-state index contributed by atoms with van der Waals surface area (Å²) in [6.07, 6.45) is 2.83. The summed E-state index contributed by atoms with van der Waals surface area (Å²) in [4.78, 5) is 23.8. The van der Waals surface area contributed by atoms with E-state index in [1.807, 2.05) is 0 Å². The fourth-order valence-electron chi connectivity index (χ4n) is 6.47. The van der Waals surface area contributed by atoms with Crippen LogP contribution < -0.4 is 16.8 Å². The van der Waals surface area contributed by atoms with Gasteiger partial charge in [0.25, 0.3) is 0 Å². The normalized spacial score (nSPS) is 52.9. The Morgan fingerprint density at radius 1 is 1.00 bits per heavy atom. The van der Waals surface area contributed by atoms with Gasteiger partial charge in [0.15, 0.2) is 0 Å². The summed E-state index contributed by atoms with van der Waals surface area (Å²) in [5.41, 5.74) is 11.1. The van der Waals surface area contributed by atoms with Gasteiger partial charge in [0.05, 0.1) is 11.8 Å². The second-order valence-electron chi connectivity index (χ2n) is 7.74. The average molecular weight is 309 g/mol. The summed E-state index contributed by atoms with van der Waals surface area (Å²) in [6, 6.07) is 0. The number of carbonyl (C=O) groups is 2. The second kappa shape index (κ2) is 4.66. The van der Waals surface area contributed by atoms with Crippen molar-refractivity contribution < 1.29 is 14.0 Å². The first-order valence-electron chi connectivity index (χ1n) is 8.42. The van der Waals surface area contributed by atoms with Crippen molar-refractivity contribution in [1.29, 1.82) is 0 Å². The lowest BCUT2D eigenvalue weighted by molar-refractivity contribution is -0.133. The Labute approximate surface area is 129 Å². The van der Waals surface area contributed by atoms with Crippen LogP contribution in [-0.2, 0) is 9.59 Å². The van der Waals surface area contributed by atoms with E-state index >= 15 is 0 Å². The van der Waals surface area contributed by atoms with Gasteiger partial charge in [-0.25, -0.2) is 4.39 Å². The molecule has 5 nitrogen and oxygen atoms in total. The molecule has 22 heavy (non-hydrogen) atoms. The SMILES string of the molecule is NC(=O)C1C(C(N)=O)C2CCC1C21CC1[C@@H]1CCNC[C@H]1F. The van der Waals surface area contributed by atoms with Crippen molar-refractivity contribution in [2.45, 2.75) is 31.9 Å². The van der Waals surface area contributed by atoms with E-state index in [0.29, 0.717) is 12.5 Å². The molecule has 1 saturated heterocycles. The molecular formula is C16H24FN3O2. The van der Waals surface area contributed by atoms with E-state index in [-0.39, 0.29) is 23.2 Å². The molecule has 2 amide bonds. The van der Waals surface area contributed by atoms with Crippen LogP contribution in [-0.4, -0.2) is 31.1 Å². The van der Waals surface area contributed by atoms with E-state index in [4.69, 9.17) is 11.5 Å². The number of piperidine rings is 1. The number of rotatable bonds is 3. The van der Waals surface area contributed by atoms with Crippen LogP contribution >= 0.6 is 0 Å². The molecule has 1 aliphatic heterocycles. The van der Waals surface area contributed by atoms with Gasteiger partial charge in [-0.05, 0) is 61.3 Å². The zero-order valence-corrected chi connectivity index (χ0v) is 12.6. The highest BCUT2D eigenvalue weighted by molar-refractivity contribution is 5.88. The molecule has 3 saturated carbocycles. The third-order valence-corrected chi connectivity index (χ3v) is 7.16. The Morgan fingerprint density at radius 2 is 1.59 bits per heavy atom. The minimum absolute atomic E-state index is 0.0360. The number of primary amides is 2. The fraction of sp³-hybridized carbons (Fsp3) is 0.875. The van der Waals surface area contributed by atoms with Gasteiger partial charge in [0.1, 0.15) is 6.17 Å². The van der Waals surface area contributed by atoms with Crippen molar-refractivity contribution >= 4 is 11.8 Å². The lowest BCUT2D eigenvalue weighted by Gasteiger charge is -2.30. The molecule has 1 spiro atoms. The maximum Gasteiger partial charge on any atom is 0.221 e. The van der Waals surface area contributed by atoms with Gasteiger partial charge in [-0.15, -0.1) is 0 Å². The second-order valence-corrected chi connectivity index (χ2v) is 7.74. The van der Waals surface area contributed by atoms with E-state index in [1.54, 1.807) is 0 Å². The van der Waals surface area contributed by atoms with Crippen LogP contribution in [0.2, 0.25) is 0 Å². The van der Waals surface area contributed by atoms with Gasteiger partial charge in [-0.1, -0.05) is 0 Å². The number of carbonyl (C=O) groups excluding carboxylic acids is 2. The predicted octanol–water partition coefficient (Wildman–Crippen LogP) is 0.183. The molecule has 3 aliphatic carbocycles. The highest BCUT2D eigenvalue weighted by Crippen LogP contribution is 2.79. The summed E-state index contributed by atoms with van der Waals surface area (Å²) in [7, 11) is 0. The number of amides is 2. The van der Waals surface area contributed by atoms with Crippen molar-refractivity contribution in [2.24, 2.45) is 52.4 Å². The van der Waals surface area contributed by atoms with E-state index in [2.05, 4.69) is 5.32 Å². The molecule has 4 rings (SSSR count). The fourth-order valence-corrected chi connectivity index (χ4v) is 6.47. The van der Waals surface area contributed by atoms with Gasteiger partial charge in [0, 0.05) is 6.54 Å². The molecule has 0 aromatic rings. The molecule has 0 radical (unpaired) electrons. The molecule has 2 bridgehead atoms. The number of nitrogens with one attached hydrogen (secondary N) is 1. The Balaban J connectivity index is 1.64. The predicted molar refractivity (Wildman–Crippen MR) is 78.0 cm³/mol. The van der Waals surface area contributed by atoms with E-state index < -0.39 is 29.8 Å². The standard InChI is InChI=1S/C16H24FN3O2/c17-11-6-20-4-3-7(11)10-5-16(10)8-1-2-9(16)13(15(19)22)12(8)14(18)21/h7-13,20H,1-6H2,(H2,18,21)(H2,19,22)/t7-,8?,9?,10?,11+,12?,13?,16?/m0/s1. The first kappa shape index (κ1) is 14.4. The minimum atomic E-state index is -0.822. The monoisotopic (exact) mass is 309 g/mol. The lowest BCUT2D eigenvalue weighted by atomic mass is 9.78. The smallest absolute Gasteiger partial charge is 0.221 e. The van der Waals surface area contributed by atoms with Gasteiger partial charge in [-0.2, -0.15) is 0 Å². The van der Waals surface area contributed by atoms with E-state index in [9.17, 15) is 14.0 Å². The van der Waals surface area contributed by atoms with Crippen LogP contribution in [0.15, 0.2) is 0 Å². The van der Waals surface area contributed by atoms with Crippen LogP contribution in [0, 0.1) is 40.9 Å². The molecule has 5 unspecified atom stereocenters. The minimum Gasteiger partial charge on any atom is -0.369 e. The number of hydrogen-bond donors (Lipinski definition) is 3. The van der Waals surface area contributed by atoms with Gasteiger partial charge in [0.2, 0.25) is 11.8 Å². The zero-order valence-electron chi connectivity index (χ0n) is 12.6. The van der Waals surface area contributed by atoms with Crippen LogP contribution in [0.3, 0.4) is 0 Å². The van der Waals surface area contributed by atoms with Gasteiger partial charge < -0.3 is 16.8 Å². The van der Waals surface area contributed by atoms with E-state index in [0.717, 1.165) is 32.2 Å². The number of halogens is 1. The summed E-state index contributed by atoms with van der Waals surface area (Å²) in [5.74, 6) is -1.02. The summed E-state index contributed by atoms with van der Waals surface area (Å²) < 4.78 is 14.3. The van der Waals surface area contributed by atoms with Crippen LogP contribution in [0.5, 0.6) is 0 Å². The van der Waals surface area contributed by atoms with E-state index in [1.165, 1.54) is 0 Å². The highest BCUT2D eigenvalue weighted by atomic mass is 19.1. The molecule has 7 atom stereocenters.